The lowest BCUT2D eigenvalue weighted by atomic mass is 10.1. The van der Waals surface area contributed by atoms with E-state index in [0.717, 1.165) is 5.56 Å². The van der Waals surface area contributed by atoms with Gasteiger partial charge >= 0.3 is 0 Å². The van der Waals surface area contributed by atoms with Gasteiger partial charge in [0.2, 0.25) is 11.9 Å². The van der Waals surface area contributed by atoms with Crippen LogP contribution in [0.25, 0.3) is 0 Å². The zero-order valence-corrected chi connectivity index (χ0v) is 17.5. The first-order chi connectivity index (χ1) is 15.5. The van der Waals surface area contributed by atoms with Gasteiger partial charge in [-0.15, -0.1) is 0 Å². The molecule has 0 aliphatic carbocycles. The largest absolute Gasteiger partial charge is 0.368 e. The number of anilines is 4. The number of rotatable bonds is 7. The summed E-state index contributed by atoms with van der Waals surface area (Å²) >= 11 is 0. The number of halogens is 1. The number of amides is 1. The van der Waals surface area contributed by atoms with E-state index in [0.29, 0.717) is 43.0 Å². The third kappa shape index (κ3) is 5.24. The molecule has 2 unspecified atom stereocenters. The number of hydrogen-bond acceptors (Lipinski definition) is 9. The van der Waals surface area contributed by atoms with Crippen LogP contribution >= 0.6 is 0 Å². The van der Waals surface area contributed by atoms with Crippen molar-refractivity contribution in [1.29, 1.82) is 0 Å². The molecular formula is C21H24FN9O. The van der Waals surface area contributed by atoms with Crippen molar-refractivity contribution in [2.24, 2.45) is 5.73 Å². The van der Waals surface area contributed by atoms with Crippen LogP contribution in [0.4, 0.5) is 27.8 Å². The highest BCUT2D eigenvalue weighted by atomic mass is 19.1. The molecule has 11 heteroatoms. The average Bonchev–Trinajstić information content (AvgIpc) is 2.80. The molecule has 3 heterocycles. The molecule has 1 saturated heterocycles. The van der Waals surface area contributed by atoms with Gasteiger partial charge in [-0.3, -0.25) is 9.78 Å². The molecule has 4 rings (SSSR count). The predicted molar refractivity (Wildman–Crippen MR) is 119 cm³/mol. The summed E-state index contributed by atoms with van der Waals surface area (Å²) in [5.74, 6) is 1.35. The van der Waals surface area contributed by atoms with E-state index in [1.165, 1.54) is 12.1 Å². The first-order valence-corrected chi connectivity index (χ1v) is 10.2. The van der Waals surface area contributed by atoms with E-state index in [1.807, 2.05) is 11.8 Å². The molecule has 0 bridgehead atoms. The van der Waals surface area contributed by atoms with Crippen molar-refractivity contribution < 1.29 is 9.18 Å². The van der Waals surface area contributed by atoms with E-state index in [2.05, 4.69) is 35.9 Å². The summed E-state index contributed by atoms with van der Waals surface area (Å²) in [4.78, 5) is 31.1. The van der Waals surface area contributed by atoms with Crippen molar-refractivity contribution in [2.45, 2.75) is 19.0 Å². The third-order valence-electron chi connectivity index (χ3n) is 5.09. The highest BCUT2D eigenvalue weighted by molar-refractivity contribution is 5.81. The molecule has 1 aliphatic heterocycles. The number of benzene rings is 1. The minimum absolute atomic E-state index is 0.170. The van der Waals surface area contributed by atoms with Crippen LogP contribution in [0.5, 0.6) is 0 Å². The fourth-order valence-electron chi connectivity index (χ4n) is 3.40. The summed E-state index contributed by atoms with van der Waals surface area (Å²) in [6, 6.07) is 7.40. The standard InChI is InChI=1S/C21H24FN9O/c1-13(14-2-4-15(22)5-3-14)27-21-29-17(28-18-11-24-6-7-26-18)10-19(30-21)31-9-8-25-16(12-31)20(23)32/h2-7,10-11,13,16,25H,8-9,12H2,1H3,(H2,23,32)(H2,26,27,28,29,30). The average molecular weight is 437 g/mol. The maximum Gasteiger partial charge on any atom is 0.236 e. The number of hydrogen-bond donors (Lipinski definition) is 4. The zero-order chi connectivity index (χ0) is 22.5. The number of piperazine rings is 1. The van der Waals surface area contributed by atoms with Gasteiger partial charge in [0.15, 0.2) is 0 Å². The maximum absolute atomic E-state index is 13.3. The second-order valence-corrected chi connectivity index (χ2v) is 7.42. The summed E-state index contributed by atoms with van der Waals surface area (Å²) in [7, 11) is 0. The van der Waals surface area contributed by atoms with Crippen molar-refractivity contribution in [3.8, 4) is 0 Å². The van der Waals surface area contributed by atoms with E-state index >= 15 is 0 Å². The molecule has 10 nitrogen and oxygen atoms in total. The molecular weight excluding hydrogens is 413 g/mol. The number of carbonyl (C=O) groups excluding carboxylic acids is 1. The lowest BCUT2D eigenvalue weighted by molar-refractivity contribution is -0.120. The van der Waals surface area contributed by atoms with Crippen molar-refractivity contribution in [3.05, 3.63) is 60.3 Å². The molecule has 3 aromatic rings. The Hall–Kier alpha value is -3.86. The van der Waals surface area contributed by atoms with Crippen molar-refractivity contribution >= 4 is 29.3 Å². The summed E-state index contributed by atoms with van der Waals surface area (Å²) in [5.41, 5.74) is 6.37. The highest BCUT2D eigenvalue weighted by Crippen LogP contribution is 2.24. The van der Waals surface area contributed by atoms with Crippen LogP contribution in [-0.4, -0.2) is 51.5 Å². The molecule has 166 valence electrons. The molecule has 1 amide bonds. The number of carbonyl (C=O) groups is 1. The third-order valence-corrected chi connectivity index (χ3v) is 5.09. The van der Waals surface area contributed by atoms with E-state index in [4.69, 9.17) is 5.73 Å². The predicted octanol–water partition coefficient (Wildman–Crippen LogP) is 1.59. The molecule has 1 aliphatic rings. The Bertz CT molecular complexity index is 1060. The molecule has 2 aromatic heterocycles. The quantitative estimate of drug-likeness (QED) is 0.435. The Morgan fingerprint density at radius 1 is 1.25 bits per heavy atom. The van der Waals surface area contributed by atoms with Gasteiger partial charge in [0, 0.05) is 38.1 Å². The number of primary amides is 1. The summed E-state index contributed by atoms with van der Waals surface area (Å²) in [6.45, 7) is 3.58. The molecule has 0 radical (unpaired) electrons. The second-order valence-electron chi connectivity index (χ2n) is 7.42. The Morgan fingerprint density at radius 3 is 2.78 bits per heavy atom. The van der Waals surface area contributed by atoms with Crippen LogP contribution in [0.1, 0.15) is 18.5 Å². The molecule has 2 atom stereocenters. The van der Waals surface area contributed by atoms with Gasteiger partial charge in [-0.1, -0.05) is 12.1 Å². The van der Waals surface area contributed by atoms with Crippen molar-refractivity contribution in [2.75, 3.05) is 35.2 Å². The van der Waals surface area contributed by atoms with Gasteiger partial charge in [-0.2, -0.15) is 9.97 Å². The Labute approximate surface area is 184 Å². The van der Waals surface area contributed by atoms with Crippen LogP contribution in [0.3, 0.4) is 0 Å². The zero-order valence-electron chi connectivity index (χ0n) is 17.5. The second kappa shape index (κ2) is 9.52. The first kappa shape index (κ1) is 21.4. The lowest BCUT2D eigenvalue weighted by Gasteiger charge is -2.33. The van der Waals surface area contributed by atoms with Gasteiger partial charge in [-0.25, -0.2) is 9.37 Å². The topological polar surface area (TPSA) is 134 Å². The number of nitrogens with two attached hydrogens (primary N) is 1. The van der Waals surface area contributed by atoms with Gasteiger partial charge in [0.1, 0.15) is 29.3 Å². The van der Waals surface area contributed by atoms with Crippen molar-refractivity contribution in [1.82, 2.24) is 25.3 Å². The maximum atomic E-state index is 13.3. The Morgan fingerprint density at radius 2 is 2.06 bits per heavy atom. The minimum Gasteiger partial charge on any atom is -0.368 e. The van der Waals surface area contributed by atoms with Gasteiger partial charge in [0.05, 0.1) is 12.2 Å². The van der Waals surface area contributed by atoms with Crippen LogP contribution in [-0.2, 0) is 4.79 Å². The fourth-order valence-corrected chi connectivity index (χ4v) is 3.40. The smallest absolute Gasteiger partial charge is 0.236 e. The fraction of sp³-hybridized carbons (Fsp3) is 0.286. The Balaban J connectivity index is 1.62. The van der Waals surface area contributed by atoms with Crippen LogP contribution in [0, 0.1) is 5.82 Å². The van der Waals surface area contributed by atoms with Gasteiger partial charge in [-0.05, 0) is 24.6 Å². The normalized spacial score (nSPS) is 16.9. The minimum atomic E-state index is -0.468. The molecule has 1 fully saturated rings. The number of nitrogens with zero attached hydrogens (tertiary/aromatic N) is 5. The summed E-state index contributed by atoms with van der Waals surface area (Å²) in [5, 5.41) is 9.50. The monoisotopic (exact) mass is 437 g/mol. The number of aromatic nitrogens is 4. The highest BCUT2D eigenvalue weighted by Gasteiger charge is 2.25. The van der Waals surface area contributed by atoms with E-state index in [9.17, 15) is 9.18 Å². The van der Waals surface area contributed by atoms with E-state index in [1.54, 1.807) is 36.8 Å². The SMILES string of the molecule is CC(Nc1nc(Nc2cnccn2)cc(N2CCNC(C(N)=O)C2)n1)c1ccc(F)cc1. The molecule has 32 heavy (non-hydrogen) atoms. The van der Waals surface area contributed by atoms with Gasteiger partial charge in [0.25, 0.3) is 0 Å². The summed E-state index contributed by atoms with van der Waals surface area (Å²) < 4.78 is 13.3. The lowest BCUT2D eigenvalue weighted by Crippen LogP contribution is -2.56. The Kier molecular flexibility index (Phi) is 6.36. The molecule has 1 aromatic carbocycles. The number of nitrogens with one attached hydrogen (secondary N) is 3. The van der Waals surface area contributed by atoms with Crippen molar-refractivity contribution in [3.63, 3.8) is 0 Å². The van der Waals surface area contributed by atoms with Gasteiger partial charge < -0.3 is 26.6 Å². The molecule has 5 N–H and O–H groups in total. The van der Waals surface area contributed by atoms with E-state index in [-0.39, 0.29) is 11.9 Å². The first-order valence-electron chi connectivity index (χ1n) is 10.2. The summed E-state index contributed by atoms with van der Waals surface area (Å²) in [6.07, 6.45) is 4.75. The van der Waals surface area contributed by atoms with Crippen LogP contribution in [0.15, 0.2) is 48.9 Å². The molecule has 0 spiro atoms. The molecule has 0 saturated carbocycles. The van der Waals surface area contributed by atoms with E-state index < -0.39 is 11.9 Å². The van der Waals surface area contributed by atoms with Crippen LogP contribution in [0.2, 0.25) is 0 Å². The van der Waals surface area contributed by atoms with Crippen LogP contribution < -0.4 is 26.6 Å².